The summed E-state index contributed by atoms with van der Waals surface area (Å²) in [5.74, 6) is 3.26. The van der Waals surface area contributed by atoms with Gasteiger partial charge in [0.05, 0.1) is 6.54 Å². The first kappa shape index (κ1) is 8.41. The van der Waals surface area contributed by atoms with Gasteiger partial charge in [0.1, 0.15) is 0 Å². The molecule has 2 fully saturated rings. The van der Waals surface area contributed by atoms with Crippen molar-refractivity contribution >= 4 is 0 Å². The number of rotatable bonds is 2. The lowest BCUT2D eigenvalue weighted by atomic mass is 10.2. The first-order valence-corrected chi connectivity index (χ1v) is 5.29. The van der Waals surface area contributed by atoms with E-state index in [9.17, 15) is 0 Å². The van der Waals surface area contributed by atoms with E-state index in [1.165, 1.54) is 13.0 Å². The number of hydrogen-bond donors (Lipinski definition) is 0. The Labute approximate surface area is 83.3 Å². The molecule has 1 aromatic rings. The third-order valence-corrected chi connectivity index (χ3v) is 3.59. The van der Waals surface area contributed by atoms with Gasteiger partial charge in [0, 0.05) is 13.0 Å². The largest absolute Gasteiger partial charge is 0.424 e. The molecule has 0 spiro atoms. The molecule has 3 atom stereocenters. The summed E-state index contributed by atoms with van der Waals surface area (Å²) in [6.45, 7) is 6.21. The van der Waals surface area contributed by atoms with Crippen LogP contribution in [0.2, 0.25) is 0 Å². The molecule has 0 aromatic carbocycles. The minimum Gasteiger partial charge on any atom is -0.424 e. The van der Waals surface area contributed by atoms with Crippen LogP contribution >= 0.6 is 0 Å². The zero-order valence-electron chi connectivity index (χ0n) is 8.60. The van der Waals surface area contributed by atoms with Gasteiger partial charge in [-0.15, -0.1) is 10.2 Å². The number of nitrogens with zero attached hydrogens (tertiary/aromatic N) is 3. The Morgan fingerprint density at radius 2 is 2.36 bits per heavy atom. The highest BCUT2D eigenvalue weighted by atomic mass is 16.4. The topological polar surface area (TPSA) is 42.2 Å². The molecule has 3 rings (SSSR count). The number of piperidine rings is 1. The summed E-state index contributed by atoms with van der Waals surface area (Å²) >= 11 is 0. The third-order valence-electron chi connectivity index (χ3n) is 3.59. The number of fused-ring (bicyclic) bond motifs is 1. The Morgan fingerprint density at radius 1 is 1.50 bits per heavy atom. The molecule has 1 aromatic heterocycles. The quantitative estimate of drug-likeness (QED) is 0.708. The minimum atomic E-state index is 0.666. The second kappa shape index (κ2) is 2.79. The fourth-order valence-electron chi connectivity index (χ4n) is 2.78. The Morgan fingerprint density at radius 3 is 2.93 bits per heavy atom. The molecule has 4 nitrogen and oxygen atoms in total. The van der Waals surface area contributed by atoms with Crippen molar-refractivity contribution in [3.8, 4) is 0 Å². The summed E-state index contributed by atoms with van der Waals surface area (Å²) in [5.41, 5.74) is 0. The lowest BCUT2D eigenvalue weighted by Crippen LogP contribution is -2.24. The fraction of sp³-hybridized carbons (Fsp3) is 0.800. The summed E-state index contributed by atoms with van der Waals surface area (Å²) in [5, 5.41) is 7.87. The van der Waals surface area contributed by atoms with E-state index in [4.69, 9.17) is 4.42 Å². The molecule has 2 heterocycles. The standard InChI is InChI=1S/C10H15N3O/c1-6-8-3-4-13(10(6)8)5-9-12-11-7(2)14-9/h6,8,10H,3-5H2,1-2H3. The molecule has 1 aliphatic carbocycles. The van der Waals surface area contributed by atoms with E-state index >= 15 is 0 Å². The van der Waals surface area contributed by atoms with Crippen LogP contribution in [0.25, 0.3) is 0 Å². The first-order valence-electron chi connectivity index (χ1n) is 5.29. The van der Waals surface area contributed by atoms with Crippen molar-refractivity contribution < 1.29 is 4.42 Å². The lowest BCUT2D eigenvalue weighted by molar-refractivity contribution is 0.244. The van der Waals surface area contributed by atoms with Crippen LogP contribution in [-0.4, -0.2) is 27.7 Å². The number of likely N-dealkylation sites (tertiary alicyclic amines) is 1. The second-order valence-corrected chi connectivity index (χ2v) is 4.49. The molecule has 1 saturated heterocycles. The zero-order chi connectivity index (χ0) is 9.71. The van der Waals surface area contributed by atoms with Crippen LogP contribution in [-0.2, 0) is 6.54 Å². The predicted octanol–water partition coefficient (Wildman–Crippen LogP) is 1.22. The van der Waals surface area contributed by atoms with Crippen molar-refractivity contribution in [1.29, 1.82) is 0 Å². The SMILES string of the molecule is Cc1nnc(CN2CCC3C(C)C32)o1. The summed E-state index contributed by atoms with van der Waals surface area (Å²) in [7, 11) is 0. The van der Waals surface area contributed by atoms with Gasteiger partial charge in [0.2, 0.25) is 11.8 Å². The third kappa shape index (κ3) is 1.17. The lowest BCUT2D eigenvalue weighted by Gasteiger charge is -2.15. The van der Waals surface area contributed by atoms with Crippen LogP contribution < -0.4 is 0 Å². The monoisotopic (exact) mass is 193 g/mol. The van der Waals surface area contributed by atoms with E-state index in [0.717, 1.165) is 30.3 Å². The Kier molecular flexibility index (Phi) is 1.68. The van der Waals surface area contributed by atoms with Gasteiger partial charge in [0.15, 0.2) is 0 Å². The molecular weight excluding hydrogens is 178 g/mol. The van der Waals surface area contributed by atoms with Gasteiger partial charge >= 0.3 is 0 Å². The van der Waals surface area contributed by atoms with Gasteiger partial charge in [0.25, 0.3) is 0 Å². The number of hydrogen-bond acceptors (Lipinski definition) is 4. The normalized spacial score (nSPS) is 36.0. The van der Waals surface area contributed by atoms with Crippen LogP contribution in [0.3, 0.4) is 0 Å². The maximum absolute atomic E-state index is 5.38. The summed E-state index contributed by atoms with van der Waals surface area (Å²) in [6.07, 6.45) is 1.35. The van der Waals surface area contributed by atoms with Gasteiger partial charge in [-0.2, -0.15) is 0 Å². The van der Waals surface area contributed by atoms with Crippen molar-refractivity contribution in [1.82, 2.24) is 15.1 Å². The molecule has 76 valence electrons. The summed E-state index contributed by atoms with van der Waals surface area (Å²) < 4.78 is 5.38. The molecule has 1 saturated carbocycles. The molecule has 0 N–H and O–H groups in total. The van der Waals surface area contributed by atoms with Crippen molar-refractivity contribution in [3.05, 3.63) is 11.8 Å². The molecule has 2 aliphatic rings. The molecule has 3 unspecified atom stereocenters. The average molecular weight is 193 g/mol. The van der Waals surface area contributed by atoms with Gasteiger partial charge in [-0.1, -0.05) is 6.92 Å². The highest BCUT2D eigenvalue weighted by Gasteiger charge is 2.54. The second-order valence-electron chi connectivity index (χ2n) is 4.49. The zero-order valence-corrected chi connectivity index (χ0v) is 8.60. The number of aromatic nitrogens is 2. The van der Waals surface area contributed by atoms with Crippen LogP contribution in [0.4, 0.5) is 0 Å². The van der Waals surface area contributed by atoms with Gasteiger partial charge in [-0.05, 0) is 24.8 Å². The van der Waals surface area contributed by atoms with Gasteiger partial charge < -0.3 is 4.42 Å². The summed E-state index contributed by atoms with van der Waals surface area (Å²) in [6, 6.07) is 0.794. The molecule has 4 heteroatoms. The Bertz CT molecular complexity index is 349. The van der Waals surface area contributed by atoms with E-state index in [-0.39, 0.29) is 0 Å². The van der Waals surface area contributed by atoms with Crippen LogP contribution in [0.15, 0.2) is 4.42 Å². The fourth-order valence-corrected chi connectivity index (χ4v) is 2.78. The van der Waals surface area contributed by atoms with Gasteiger partial charge in [-0.25, -0.2) is 0 Å². The van der Waals surface area contributed by atoms with Gasteiger partial charge in [-0.3, -0.25) is 4.90 Å². The van der Waals surface area contributed by atoms with Crippen molar-refractivity contribution in [2.45, 2.75) is 32.9 Å². The molecule has 0 bridgehead atoms. The Hall–Kier alpha value is -0.900. The van der Waals surface area contributed by atoms with E-state index in [0.29, 0.717) is 5.89 Å². The average Bonchev–Trinajstić information content (AvgIpc) is 2.52. The van der Waals surface area contributed by atoms with Crippen molar-refractivity contribution in [3.63, 3.8) is 0 Å². The van der Waals surface area contributed by atoms with Crippen molar-refractivity contribution in [2.24, 2.45) is 11.8 Å². The van der Waals surface area contributed by atoms with E-state index in [1.54, 1.807) is 0 Å². The molecular formula is C10H15N3O. The van der Waals surface area contributed by atoms with Crippen LogP contribution in [0, 0.1) is 18.8 Å². The maximum Gasteiger partial charge on any atom is 0.230 e. The van der Waals surface area contributed by atoms with Crippen molar-refractivity contribution in [2.75, 3.05) is 6.54 Å². The predicted molar refractivity (Wildman–Crippen MR) is 50.5 cm³/mol. The number of aryl methyl sites for hydroxylation is 1. The van der Waals surface area contributed by atoms with Crippen LogP contribution in [0.5, 0.6) is 0 Å². The smallest absolute Gasteiger partial charge is 0.230 e. The van der Waals surface area contributed by atoms with E-state index in [1.807, 2.05) is 6.92 Å². The molecule has 0 radical (unpaired) electrons. The maximum atomic E-state index is 5.38. The summed E-state index contributed by atoms with van der Waals surface area (Å²) in [4.78, 5) is 2.47. The Balaban J connectivity index is 1.68. The first-order chi connectivity index (χ1) is 6.75. The van der Waals surface area contributed by atoms with E-state index < -0.39 is 0 Å². The molecule has 0 amide bonds. The molecule has 14 heavy (non-hydrogen) atoms. The molecule has 1 aliphatic heterocycles. The highest BCUT2D eigenvalue weighted by Crippen LogP contribution is 2.50. The van der Waals surface area contributed by atoms with Crippen LogP contribution in [0.1, 0.15) is 25.1 Å². The van der Waals surface area contributed by atoms with E-state index in [2.05, 4.69) is 22.0 Å². The minimum absolute atomic E-state index is 0.666. The highest BCUT2D eigenvalue weighted by molar-refractivity contribution is 5.07.